The predicted octanol–water partition coefficient (Wildman–Crippen LogP) is 1.84. The predicted molar refractivity (Wildman–Crippen MR) is 78.6 cm³/mol. The van der Waals surface area contributed by atoms with Gasteiger partial charge in [0.15, 0.2) is 0 Å². The van der Waals surface area contributed by atoms with Crippen molar-refractivity contribution in [3.05, 3.63) is 29.8 Å². The van der Waals surface area contributed by atoms with Gasteiger partial charge in [-0.05, 0) is 44.6 Å². The van der Waals surface area contributed by atoms with Crippen LogP contribution in [0.25, 0.3) is 0 Å². The average molecular weight is 279 g/mol. The van der Waals surface area contributed by atoms with Gasteiger partial charge in [-0.2, -0.15) is 0 Å². The molecule has 0 bridgehead atoms. The highest BCUT2D eigenvalue weighted by Gasteiger charge is 2.53. The molecule has 4 nitrogen and oxygen atoms in total. The van der Waals surface area contributed by atoms with E-state index in [0.717, 1.165) is 24.8 Å². The molecule has 1 aliphatic carbocycles. The van der Waals surface area contributed by atoms with Crippen LogP contribution in [0.1, 0.15) is 37.7 Å². The number of likely N-dealkylation sites (N-methyl/N-ethyl adjacent to an activating group) is 1. The van der Waals surface area contributed by atoms with Crippen LogP contribution < -0.4 is 0 Å². The van der Waals surface area contributed by atoms with E-state index in [9.17, 15) is 15.3 Å². The van der Waals surface area contributed by atoms with Crippen LogP contribution in [-0.2, 0) is 5.54 Å². The second kappa shape index (κ2) is 5.72. The lowest BCUT2D eigenvalue weighted by Gasteiger charge is -2.52. The average Bonchev–Trinajstić information content (AvgIpc) is 2.42. The van der Waals surface area contributed by atoms with E-state index in [4.69, 9.17) is 0 Å². The van der Waals surface area contributed by atoms with E-state index in [1.165, 1.54) is 0 Å². The molecule has 0 aromatic heterocycles. The van der Waals surface area contributed by atoms with E-state index < -0.39 is 11.1 Å². The summed E-state index contributed by atoms with van der Waals surface area (Å²) in [6.07, 6.45) is 4.46. The first-order valence-electron chi connectivity index (χ1n) is 7.26. The molecule has 2 rings (SSSR count). The first-order valence-corrected chi connectivity index (χ1v) is 7.26. The highest BCUT2D eigenvalue weighted by Crippen LogP contribution is 2.45. The van der Waals surface area contributed by atoms with Gasteiger partial charge in [0.2, 0.25) is 0 Å². The first kappa shape index (κ1) is 15.3. The standard InChI is InChI=1S/C16H25NO3/c1-17(2)16(12-18,13-6-8-14(19)9-7-13)15(20)10-4-3-5-11-15/h6-9,18-20H,3-5,10-12H2,1-2H3. The topological polar surface area (TPSA) is 63.9 Å². The zero-order chi connectivity index (χ0) is 14.8. The Balaban J connectivity index is 2.52. The van der Waals surface area contributed by atoms with Gasteiger partial charge >= 0.3 is 0 Å². The van der Waals surface area contributed by atoms with Crippen LogP contribution in [0.4, 0.5) is 0 Å². The van der Waals surface area contributed by atoms with Crippen molar-refractivity contribution in [2.75, 3.05) is 20.7 Å². The Bertz CT molecular complexity index is 438. The summed E-state index contributed by atoms with van der Waals surface area (Å²) >= 11 is 0. The molecule has 4 heteroatoms. The number of rotatable bonds is 4. The van der Waals surface area contributed by atoms with Crippen molar-refractivity contribution in [1.29, 1.82) is 0 Å². The molecule has 0 aliphatic heterocycles. The van der Waals surface area contributed by atoms with E-state index in [1.54, 1.807) is 24.3 Å². The van der Waals surface area contributed by atoms with E-state index in [-0.39, 0.29) is 12.4 Å². The molecular weight excluding hydrogens is 254 g/mol. The van der Waals surface area contributed by atoms with Gasteiger partial charge in [0, 0.05) is 0 Å². The number of nitrogens with zero attached hydrogens (tertiary/aromatic N) is 1. The summed E-state index contributed by atoms with van der Waals surface area (Å²) in [5.74, 6) is 0.190. The minimum Gasteiger partial charge on any atom is -0.508 e. The minimum atomic E-state index is -0.944. The maximum Gasteiger partial charge on any atom is 0.115 e. The maximum absolute atomic E-state index is 11.2. The number of hydrogen-bond acceptors (Lipinski definition) is 4. The Hall–Kier alpha value is -1.10. The number of phenols is 1. The summed E-state index contributed by atoms with van der Waals surface area (Å²) in [4.78, 5) is 1.91. The van der Waals surface area contributed by atoms with Crippen molar-refractivity contribution >= 4 is 0 Å². The van der Waals surface area contributed by atoms with Gasteiger partial charge in [-0.1, -0.05) is 31.4 Å². The fourth-order valence-electron chi connectivity index (χ4n) is 3.61. The van der Waals surface area contributed by atoms with E-state index in [1.807, 2.05) is 19.0 Å². The zero-order valence-corrected chi connectivity index (χ0v) is 12.3. The van der Waals surface area contributed by atoms with Crippen molar-refractivity contribution in [3.63, 3.8) is 0 Å². The van der Waals surface area contributed by atoms with Crippen molar-refractivity contribution in [2.24, 2.45) is 0 Å². The maximum atomic E-state index is 11.2. The molecule has 0 heterocycles. The Morgan fingerprint density at radius 1 is 1.10 bits per heavy atom. The van der Waals surface area contributed by atoms with Crippen LogP contribution >= 0.6 is 0 Å². The molecule has 1 aromatic rings. The lowest BCUT2D eigenvalue weighted by atomic mass is 9.67. The number of hydrogen-bond donors (Lipinski definition) is 3. The van der Waals surface area contributed by atoms with Crippen LogP contribution in [0.5, 0.6) is 5.75 Å². The third-order valence-corrected chi connectivity index (χ3v) is 4.79. The second-order valence-corrected chi connectivity index (χ2v) is 6.05. The normalized spacial score (nSPS) is 21.6. The molecule has 1 aromatic carbocycles. The van der Waals surface area contributed by atoms with Crippen LogP contribution in [-0.4, -0.2) is 46.5 Å². The molecule has 1 unspecified atom stereocenters. The van der Waals surface area contributed by atoms with Crippen molar-refractivity contribution in [3.8, 4) is 5.75 Å². The monoisotopic (exact) mass is 279 g/mol. The Morgan fingerprint density at radius 2 is 1.65 bits per heavy atom. The van der Waals surface area contributed by atoms with Crippen LogP contribution in [0.3, 0.4) is 0 Å². The van der Waals surface area contributed by atoms with Gasteiger partial charge in [0.1, 0.15) is 5.75 Å². The molecule has 112 valence electrons. The quantitative estimate of drug-likeness (QED) is 0.787. The zero-order valence-electron chi connectivity index (χ0n) is 12.3. The largest absolute Gasteiger partial charge is 0.508 e. The molecule has 1 fully saturated rings. The number of phenolic OH excluding ortho intramolecular Hbond substituents is 1. The lowest BCUT2D eigenvalue weighted by molar-refractivity contribution is -0.145. The van der Waals surface area contributed by atoms with Gasteiger partial charge in [-0.25, -0.2) is 0 Å². The van der Waals surface area contributed by atoms with Gasteiger partial charge in [0.25, 0.3) is 0 Å². The smallest absolute Gasteiger partial charge is 0.115 e. The van der Waals surface area contributed by atoms with Gasteiger partial charge in [-0.3, -0.25) is 4.90 Å². The van der Waals surface area contributed by atoms with Crippen molar-refractivity contribution < 1.29 is 15.3 Å². The summed E-state index contributed by atoms with van der Waals surface area (Å²) in [5, 5.41) is 30.8. The van der Waals surface area contributed by atoms with Crippen LogP contribution in [0, 0.1) is 0 Å². The molecule has 0 saturated heterocycles. The van der Waals surface area contributed by atoms with E-state index in [2.05, 4.69) is 0 Å². The Labute approximate surface area is 120 Å². The summed E-state index contributed by atoms with van der Waals surface area (Å²) in [5.41, 5.74) is -0.936. The SMILES string of the molecule is CN(C)C(CO)(c1ccc(O)cc1)C1(O)CCCCC1. The molecule has 1 atom stereocenters. The number of aromatic hydroxyl groups is 1. The number of benzene rings is 1. The molecule has 0 spiro atoms. The van der Waals surface area contributed by atoms with Crippen molar-refractivity contribution in [1.82, 2.24) is 4.90 Å². The van der Waals surface area contributed by atoms with Crippen LogP contribution in [0.15, 0.2) is 24.3 Å². The van der Waals surface area contributed by atoms with Crippen LogP contribution in [0.2, 0.25) is 0 Å². The number of aliphatic hydroxyl groups excluding tert-OH is 1. The highest BCUT2D eigenvalue weighted by atomic mass is 16.3. The summed E-state index contributed by atoms with van der Waals surface area (Å²) in [7, 11) is 3.77. The summed E-state index contributed by atoms with van der Waals surface area (Å²) < 4.78 is 0. The third kappa shape index (κ3) is 2.32. The van der Waals surface area contributed by atoms with Crippen molar-refractivity contribution in [2.45, 2.75) is 43.2 Å². The fraction of sp³-hybridized carbons (Fsp3) is 0.625. The molecule has 0 amide bonds. The Kier molecular flexibility index (Phi) is 4.37. The lowest BCUT2D eigenvalue weighted by Crippen LogP contribution is -2.62. The number of aliphatic hydroxyl groups is 2. The molecule has 0 radical (unpaired) electrons. The third-order valence-electron chi connectivity index (χ3n) is 4.79. The van der Waals surface area contributed by atoms with Gasteiger partial charge in [-0.15, -0.1) is 0 Å². The van der Waals surface area contributed by atoms with Gasteiger partial charge < -0.3 is 15.3 Å². The molecular formula is C16H25NO3. The highest BCUT2D eigenvalue weighted by molar-refractivity contribution is 5.34. The second-order valence-electron chi connectivity index (χ2n) is 6.05. The minimum absolute atomic E-state index is 0.152. The molecule has 3 N–H and O–H groups in total. The summed E-state index contributed by atoms with van der Waals surface area (Å²) in [6.45, 7) is -0.152. The first-order chi connectivity index (χ1) is 9.46. The fourth-order valence-corrected chi connectivity index (χ4v) is 3.61. The molecule has 1 saturated carbocycles. The van der Waals surface area contributed by atoms with E-state index in [0.29, 0.717) is 12.8 Å². The summed E-state index contributed by atoms with van der Waals surface area (Å²) in [6, 6.07) is 6.79. The van der Waals surface area contributed by atoms with E-state index >= 15 is 0 Å². The Morgan fingerprint density at radius 3 is 2.10 bits per heavy atom. The van der Waals surface area contributed by atoms with Gasteiger partial charge in [0.05, 0.1) is 17.7 Å². The molecule has 1 aliphatic rings. The molecule has 20 heavy (non-hydrogen) atoms.